The van der Waals surface area contributed by atoms with Gasteiger partial charge in [0.2, 0.25) is 0 Å². The maximum Gasteiger partial charge on any atom is 0.359 e. The normalized spacial score (nSPS) is 10.8. The number of fused-ring (bicyclic) bond motifs is 1. The van der Waals surface area contributed by atoms with E-state index in [1.54, 1.807) is 24.3 Å². The van der Waals surface area contributed by atoms with Crippen molar-refractivity contribution in [2.24, 2.45) is 5.92 Å². The lowest BCUT2D eigenvalue weighted by Crippen LogP contribution is -2.29. The van der Waals surface area contributed by atoms with Gasteiger partial charge in [0.1, 0.15) is 11.5 Å². The fraction of sp³-hybridized carbons (Fsp3) is 0.304. The number of methoxy groups -OCH3 is 2. The summed E-state index contributed by atoms with van der Waals surface area (Å²) in [5.41, 5.74) is -0.0318. The number of aromatic nitrogens is 2. The monoisotopic (exact) mass is 473 g/mol. The molecule has 0 fully saturated rings. The molecule has 0 aliphatic rings. The minimum Gasteiger partial charge on any atom is -0.495 e. The van der Waals surface area contributed by atoms with E-state index in [4.69, 9.17) is 25.8 Å². The number of hydrogen-bond donors (Lipinski definition) is 1. The van der Waals surface area contributed by atoms with Crippen molar-refractivity contribution < 1.29 is 23.8 Å². The first-order chi connectivity index (χ1) is 15.7. The predicted octanol–water partition coefficient (Wildman–Crippen LogP) is 3.52. The van der Waals surface area contributed by atoms with Crippen molar-refractivity contribution in [3.8, 4) is 11.5 Å². The van der Waals surface area contributed by atoms with Crippen LogP contribution in [0.3, 0.4) is 0 Å². The number of rotatable bonds is 8. The molecule has 1 heterocycles. The predicted molar refractivity (Wildman–Crippen MR) is 124 cm³/mol. The number of nitrogens with zero attached hydrogens (tertiary/aromatic N) is 2. The molecule has 0 bridgehead atoms. The summed E-state index contributed by atoms with van der Waals surface area (Å²) in [4.78, 5) is 37.9. The van der Waals surface area contributed by atoms with Crippen LogP contribution in [0.4, 0.5) is 5.69 Å². The Labute approximate surface area is 195 Å². The molecule has 0 aliphatic heterocycles. The SMILES string of the molecule is COc1cc(NC(=O)COC(=O)c2nn(CC(C)C)c(=O)c3ccccc23)c(OC)cc1Cl. The molecule has 2 aromatic carbocycles. The average molecular weight is 474 g/mol. The molecule has 1 aromatic heterocycles. The van der Waals surface area contributed by atoms with Gasteiger partial charge in [0.05, 0.1) is 30.3 Å². The van der Waals surface area contributed by atoms with Crippen LogP contribution in [0.1, 0.15) is 24.3 Å². The van der Waals surface area contributed by atoms with Crippen molar-refractivity contribution in [1.29, 1.82) is 0 Å². The van der Waals surface area contributed by atoms with Gasteiger partial charge in [-0.2, -0.15) is 5.10 Å². The third-order valence-corrected chi connectivity index (χ3v) is 4.98. The highest BCUT2D eigenvalue weighted by Gasteiger charge is 2.20. The third-order valence-electron chi connectivity index (χ3n) is 4.68. The number of halogens is 1. The van der Waals surface area contributed by atoms with Crippen LogP contribution >= 0.6 is 11.6 Å². The van der Waals surface area contributed by atoms with Crippen LogP contribution in [0.25, 0.3) is 10.8 Å². The van der Waals surface area contributed by atoms with Gasteiger partial charge in [-0.3, -0.25) is 9.59 Å². The van der Waals surface area contributed by atoms with Gasteiger partial charge in [-0.1, -0.05) is 43.6 Å². The van der Waals surface area contributed by atoms with Crippen LogP contribution in [0, 0.1) is 5.92 Å². The number of carbonyl (C=O) groups is 2. The molecule has 1 amide bonds. The number of anilines is 1. The van der Waals surface area contributed by atoms with Gasteiger partial charge >= 0.3 is 5.97 Å². The zero-order valence-corrected chi connectivity index (χ0v) is 19.4. The van der Waals surface area contributed by atoms with Gasteiger partial charge in [0.15, 0.2) is 12.3 Å². The molecule has 0 spiro atoms. The van der Waals surface area contributed by atoms with Crippen LogP contribution in [-0.4, -0.2) is 42.5 Å². The first kappa shape index (κ1) is 24.1. The van der Waals surface area contributed by atoms with Crippen LogP contribution in [-0.2, 0) is 16.1 Å². The molecule has 174 valence electrons. The van der Waals surface area contributed by atoms with Gasteiger partial charge in [-0.15, -0.1) is 0 Å². The van der Waals surface area contributed by atoms with E-state index < -0.39 is 18.5 Å². The second-order valence-corrected chi connectivity index (χ2v) is 7.99. The van der Waals surface area contributed by atoms with E-state index in [-0.39, 0.29) is 17.2 Å². The molecule has 9 nitrogen and oxygen atoms in total. The molecule has 0 aliphatic carbocycles. The van der Waals surface area contributed by atoms with E-state index in [1.807, 2.05) is 13.8 Å². The lowest BCUT2D eigenvalue weighted by molar-refractivity contribution is -0.119. The molecule has 0 atom stereocenters. The molecule has 0 unspecified atom stereocenters. The molecule has 3 rings (SSSR count). The Morgan fingerprint density at radius 1 is 1.09 bits per heavy atom. The zero-order valence-electron chi connectivity index (χ0n) is 18.7. The molecule has 0 saturated carbocycles. The maximum atomic E-state index is 12.8. The summed E-state index contributed by atoms with van der Waals surface area (Å²) in [6.45, 7) is 3.63. The van der Waals surface area contributed by atoms with Gasteiger partial charge < -0.3 is 19.5 Å². The van der Waals surface area contributed by atoms with Crippen molar-refractivity contribution in [3.05, 3.63) is 57.5 Å². The van der Waals surface area contributed by atoms with E-state index in [9.17, 15) is 14.4 Å². The molecule has 1 N–H and O–H groups in total. The van der Waals surface area contributed by atoms with Gasteiger partial charge in [0.25, 0.3) is 11.5 Å². The van der Waals surface area contributed by atoms with E-state index in [2.05, 4.69) is 10.4 Å². The topological polar surface area (TPSA) is 109 Å². The van der Waals surface area contributed by atoms with E-state index in [0.717, 1.165) is 0 Å². The smallest absolute Gasteiger partial charge is 0.359 e. The third kappa shape index (κ3) is 5.43. The maximum absolute atomic E-state index is 12.8. The summed E-state index contributed by atoms with van der Waals surface area (Å²) >= 11 is 6.07. The summed E-state index contributed by atoms with van der Waals surface area (Å²) in [5, 5.41) is 7.83. The molecule has 3 aromatic rings. The van der Waals surface area contributed by atoms with Crippen molar-refractivity contribution >= 4 is 39.9 Å². The Hall–Kier alpha value is -3.59. The average Bonchev–Trinajstić information content (AvgIpc) is 2.79. The van der Waals surface area contributed by atoms with Crippen LogP contribution in [0.2, 0.25) is 5.02 Å². The molecule has 10 heteroatoms. The number of esters is 1. The molecule has 0 saturated heterocycles. The minimum atomic E-state index is -0.820. The first-order valence-electron chi connectivity index (χ1n) is 10.1. The highest BCUT2D eigenvalue weighted by atomic mass is 35.5. The summed E-state index contributed by atoms with van der Waals surface area (Å²) in [6.07, 6.45) is 0. The lowest BCUT2D eigenvalue weighted by atomic mass is 10.1. The highest BCUT2D eigenvalue weighted by molar-refractivity contribution is 6.32. The Morgan fingerprint density at radius 2 is 1.76 bits per heavy atom. The van der Waals surface area contributed by atoms with Crippen molar-refractivity contribution in [2.75, 3.05) is 26.1 Å². The van der Waals surface area contributed by atoms with Crippen LogP contribution < -0.4 is 20.3 Å². The first-order valence-corrected chi connectivity index (χ1v) is 10.5. The number of carbonyl (C=O) groups excluding carboxylic acids is 2. The second kappa shape index (κ2) is 10.4. The number of ether oxygens (including phenoxy) is 3. The van der Waals surface area contributed by atoms with Gasteiger partial charge in [0, 0.05) is 24.1 Å². The Morgan fingerprint density at radius 3 is 2.39 bits per heavy atom. The lowest BCUT2D eigenvalue weighted by Gasteiger charge is -2.14. The van der Waals surface area contributed by atoms with Crippen LogP contribution in [0.5, 0.6) is 11.5 Å². The summed E-state index contributed by atoms with van der Waals surface area (Å²) in [6, 6.07) is 9.64. The largest absolute Gasteiger partial charge is 0.495 e. The number of hydrogen-bond acceptors (Lipinski definition) is 7. The molecular formula is C23H24ClN3O6. The van der Waals surface area contributed by atoms with Gasteiger partial charge in [-0.25, -0.2) is 9.48 Å². The van der Waals surface area contributed by atoms with E-state index in [1.165, 1.54) is 31.0 Å². The molecular weight excluding hydrogens is 450 g/mol. The minimum absolute atomic E-state index is 0.0376. The van der Waals surface area contributed by atoms with Crippen molar-refractivity contribution in [3.63, 3.8) is 0 Å². The summed E-state index contributed by atoms with van der Waals surface area (Å²) in [7, 11) is 2.87. The Kier molecular flexibility index (Phi) is 7.55. The van der Waals surface area contributed by atoms with Crippen LogP contribution in [0.15, 0.2) is 41.2 Å². The molecule has 0 radical (unpaired) electrons. The van der Waals surface area contributed by atoms with Gasteiger partial charge in [-0.05, 0) is 12.0 Å². The number of amides is 1. The number of benzene rings is 2. The Bertz CT molecular complexity index is 1250. The summed E-state index contributed by atoms with van der Waals surface area (Å²) in [5.74, 6) is -0.635. The fourth-order valence-electron chi connectivity index (χ4n) is 3.20. The standard InChI is InChI=1S/C23H24ClN3O6/c1-13(2)11-27-22(29)15-8-6-5-7-14(15)21(26-27)23(30)33-12-20(28)25-17-10-18(31-3)16(24)9-19(17)32-4/h5-10,13H,11-12H2,1-4H3,(H,25,28). The highest BCUT2D eigenvalue weighted by Crippen LogP contribution is 2.35. The van der Waals surface area contributed by atoms with E-state index in [0.29, 0.717) is 39.5 Å². The fourth-order valence-corrected chi connectivity index (χ4v) is 3.43. The van der Waals surface area contributed by atoms with E-state index >= 15 is 0 Å². The number of nitrogens with one attached hydrogen (secondary N) is 1. The van der Waals surface area contributed by atoms with Crippen molar-refractivity contribution in [1.82, 2.24) is 9.78 Å². The summed E-state index contributed by atoms with van der Waals surface area (Å²) < 4.78 is 16.8. The quantitative estimate of drug-likeness (QED) is 0.498. The molecule has 33 heavy (non-hydrogen) atoms. The Balaban J connectivity index is 1.81. The zero-order chi connectivity index (χ0) is 24.1. The second-order valence-electron chi connectivity index (χ2n) is 7.59. The van der Waals surface area contributed by atoms with Crippen molar-refractivity contribution in [2.45, 2.75) is 20.4 Å².